The molecule has 0 aromatic heterocycles. The molecule has 0 spiro atoms. The number of nitrogens with one attached hydrogen (secondary N) is 1. The Labute approximate surface area is 74.9 Å². The zero-order chi connectivity index (χ0) is 9.99. The molecule has 12 heavy (non-hydrogen) atoms. The van der Waals surface area contributed by atoms with Crippen molar-refractivity contribution in [1.82, 2.24) is 4.72 Å². The summed E-state index contributed by atoms with van der Waals surface area (Å²) >= 11 is 0. The van der Waals surface area contributed by atoms with Crippen LogP contribution < -0.4 is 4.72 Å². The average Bonchev–Trinajstić information content (AvgIpc) is 1.80. The van der Waals surface area contributed by atoms with Gasteiger partial charge < -0.3 is 0 Å². The maximum Gasteiger partial charge on any atom is 0.236 e. The molecule has 0 heterocycles. The lowest BCUT2D eigenvalue weighted by molar-refractivity contribution is 0.495. The third-order valence-corrected chi connectivity index (χ3v) is 3.24. The molecule has 0 aromatic rings. The highest BCUT2D eigenvalue weighted by Gasteiger charge is 2.20. The maximum atomic E-state index is 11.4. The quantitative estimate of drug-likeness (QED) is 0.721. The predicted molar refractivity (Wildman–Crippen MR) is 51.2 cm³/mol. The van der Waals surface area contributed by atoms with Crippen molar-refractivity contribution >= 4 is 10.0 Å². The molecule has 0 saturated carbocycles. The zero-order valence-corrected chi connectivity index (χ0v) is 9.12. The van der Waals surface area contributed by atoms with Crippen LogP contribution in [0.2, 0.25) is 0 Å². The summed E-state index contributed by atoms with van der Waals surface area (Å²) in [7, 11) is -3.26. The minimum atomic E-state index is -3.26. The summed E-state index contributed by atoms with van der Waals surface area (Å²) in [5, 5.41) is 0. The number of allylic oxidation sites excluding steroid dienone is 2. The molecule has 0 fully saturated rings. The lowest BCUT2D eigenvalue weighted by atomic mass is 10.1. The lowest BCUT2D eigenvalue weighted by Gasteiger charge is -2.20. The molecule has 0 bridgehead atoms. The molecule has 0 aliphatic carbocycles. The number of hydrogen-bond donors (Lipinski definition) is 1. The van der Waals surface area contributed by atoms with Crippen LogP contribution in [0.1, 0.15) is 34.6 Å². The van der Waals surface area contributed by atoms with Crippen LogP contribution >= 0.6 is 0 Å². The smallest absolute Gasteiger partial charge is 0.207 e. The van der Waals surface area contributed by atoms with E-state index in [4.69, 9.17) is 0 Å². The van der Waals surface area contributed by atoms with Crippen LogP contribution in [0.25, 0.3) is 0 Å². The van der Waals surface area contributed by atoms with E-state index in [1.807, 2.05) is 20.8 Å². The molecule has 0 aliphatic heterocycles. The van der Waals surface area contributed by atoms with Gasteiger partial charge in [0.05, 0.1) is 4.91 Å². The lowest BCUT2D eigenvalue weighted by Crippen LogP contribution is -2.40. The first-order valence-electron chi connectivity index (χ1n) is 3.86. The van der Waals surface area contributed by atoms with Gasteiger partial charge in [-0.15, -0.1) is 0 Å². The fraction of sp³-hybridized carbons (Fsp3) is 0.750. The molecule has 0 rings (SSSR count). The van der Waals surface area contributed by atoms with Crippen molar-refractivity contribution < 1.29 is 8.42 Å². The highest BCUT2D eigenvalue weighted by atomic mass is 32.2. The molecule has 1 N–H and O–H groups in total. The van der Waals surface area contributed by atoms with Crippen molar-refractivity contribution in [2.45, 2.75) is 40.2 Å². The fourth-order valence-electron chi connectivity index (χ4n) is 0.639. The maximum absolute atomic E-state index is 11.4. The second-order valence-corrected chi connectivity index (χ2v) is 5.61. The van der Waals surface area contributed by atoms with E-state index in [1.165, 1.54) is 0 Å². The minimum absolute atomic E-state index is 0.359. The van der Waals surface area contributed by atoms with E-state index < -0.39 is 15.6 Å². The Bertz CT molecular complexity index is 270. The van der Waals surface area contributed by atoms with Crippen molar-refractivity contribution in [3.63, 3.8) is 0 Å². The molecule has 0 saturated heterocycles. The van der Waals surface area contributed by atoms with Crippen LogP contribution in [0, 0.1) is 0 Å². The van der Waals surface area contributed by atoms with Gasteiger partial charge >= 0.3 is 0 Å². The molecular weight excluding hydrogens is 174 g/mol. The summed E-state index contributed by atoms with van der Waals surface area (Å²) in [6.45, 7) is 8.72. The molecule has 0 aliphatic rings. The summed E-state index contributed by atoms with van der Waals surface area (Å²) in [5.74, 6) is 0. The Hall–Kier alpha value is -0.350. The Morgan fingerprint density at radius 1 is 1.33 bits per heavy atom. The molecule has 0 radical (unpaired) electrons. The Kier molecular flexibility index (Phi) is 3.47. The summed E-state index contributed by atoms with van der Waals surface area (Å²) in [4.78, 5) is 0.359. The van der Waals surface area contributed by atoms with Gasteiger partial charge in [-0.1, -0.05) is 6.08 Å². The van der Waals surface area contributed by atoms with E-state index in [1.54, 1.807) is 19.9 Å². The largest absolute Gasteiger partial charge is 0.236 e. The minimum Gasteiger partial charge on any atom is -0.207 e. The Morgan fingerprint density at radius 2 is 1.75 bits per heavy atom. The van der Waals surface area contributed by atoms with Gasteiger partial charge in [-0.25, -0.2) is 13.1 Å². The third kappa shape index (κ3) is 3.88. The van der Waals surface area contributed by atoms with Gasteiger partial charge in [0.25, 0.3) is 0 Å². The molecule has 72 valence electrons. The van der Waals surface area contributed by atoms with Crippen LogP contribution in [0.5, 0.6) is 0 Å². The van der Waals surface area contributed by atoms with E-state index >= 15 is 0 Å². The van der Waals surface area contributed by atoms with Gasteiger partial charge in [0, 0.05) is 5.54 Å². The second-order valence-electron chi connectivity index (χ2n) is 3.75. The van der Waals surface area contributed by atoms with Crippen molar-refractivity contribution in [1.29, 1.82) is 0 Å². The van der Waals surface area contributed by atoms with Crippen LogP contribution in [-0.4, -0.2) is 14.0 Å². The summed E-state index contributed by atoms with van der Waals surface area (Å²) < 4.78 is 25.3. The average molecular weight is 191 g/mol. The monoisotopic (exact) mass is 191 g/mol. The molecule has 4 heteroatoms. The van der Waals surface area contributed by atoms with Crippen molar-refractivity contribution in [3.8, 4) is 0 Å². The van der Waals surface area contributed by atoms with Crippen LogP contribution in [0.15, 0.2) is 11.0 Å². The standard InChI is InChI=1S/C8H17NO2S/c1-6-7(2)12(10,11)9-8(3,4)5/h6,9H,1-5H3/b7-6-. The number of rotatable bonds is 2. The van der Waals surface area contributed by atoms with Gasteiger partial charge in [0.1, 0.15) is 0 Å². The van der Waals surface area contributed by atoms with E-state index in [9.17, 15) is 8.42 Å². The fourth-order valence-corrected chi connectivity index (χ4v) is 1.92. The van der Waals surface area contributed by atoms with E-state index in [0.717, 1.165) is 0 Å². The van der Waals surface area contributed by atoms with Gasteiger partial charge in [0.2, 0.25) is 10.0 Å². The van der Waals surface area contributed by atoms with Gasteiger partial charge in [-0.3, -0.25) is 0 Å². The predicted octanol–water partition coefficient (Wildman–Crippen LogP) is 1.63. The van der Waals surface area contributed by atoms with Gasteiger partial charge in [-0.05, 0) is 34.6 Å². The van der Waals surface area contributed by atoms with Gasteiger partial charge in [0.15, 0.2) is 0 Å². The van der Waals surface area contributed by atoms with Crippen LogP contribution in [0.3, 0.4) is 0 Å². The highest BCUT2D eigenvalue weighted by molar-refractivity contribution is 7.93. The first kappa shape index (κ1) is 11.6. The SMILES string of the molecule is C/C=C(/C)S(=O)(=O)NC(C)(C)C. The first-order valence-corrected chi connectivity index (χ1v) is 5.34. The first-order chi connectivity index (χ1) is 5.19. The van der Waals surface area contributed by atoms with Crippen molar-refractivity contribution in [3.05, 3.63) is 11.0 Å². The summed E-state index contributed by atoms with van der Waals surface area (Å²) in [5.41, 5.74) is -0.414. The normalized spacial score (nSPS) is 14.9. The van der Waals surface area contributed by atoms with Crippen LogP contribution in [0.4, 0.5) is 0 Å². The molecule has 3 nitrogen and oxygen atoms in total. The zero-order valence-electron chi connectivity index (χ0n) is 8.30. The molecule has 0 amide bonds. The Balaban J connectivity index is 4.70. The van der Waals surface area contributed by atoms with Crippen LogP contribution in [-0.2, 0) is 10.0 Å². The highest BCUT2D eigenvalue weighted by Crippen LogP contribution is 2.08. The number of hydrogen-bond acceptors (Lipinski definition) is 2. The van der Waals surface area contributed by atoms with Crippen molar-refractivity contribution in [2.24, 2.45) is 0 Å². The molecular formula is C8H17NO2S. The number of sulfonamides is 1. The third-order valence-electron chi connectivity index (χ3n) is 1.27. The molecule has 0 atom stereocenters. The summed E-state index contributed by atoms with van der Waals surface area (Å²) in [6, 6.07) is 0. The van der Waals surface area contributed by atoms with Gasteiger partial charge in [-0.2, -0.15) is 0 Å². The van der Waals surface area contributed by atoms with E-state index in [-0.39, 0.29) is 0 Å². The molecule has 0 unspecified atom stereocenters. The molecule has 0 aromatic carbocycles. The second kappa shape index (κ2) is 3.58. The summed E-state index contributed by atoms with van der Waals surface area (Å²) in [6.07, 6.45) is 1.58. The van der Waals surface area contributed by atoms with E-state index in [0.29, 0.717) is 4.91 Å². The topological polar surface area (TPSA) is 46.2 Å². The van der Waals surface area contributed by atoms with E-state index in [2.05, 4.69) is 4.72 Å². The van der Waals surface area contributed by atoms with Crippen molar-refractivity contribution in [2.75, 3.05) is 0 Å². The Morgan fingerprint density at radius 3 is 2.00 bits per heavy atom.